The first kappa shape index (κ1) is 17.0. The van der Waals surface area contributed by atoms with Crippen LogP contribution in [0, 0.1) is 10.1 Å². The topological polar surface area (TPSA) is 101 Å². The van der Waals surface area contributed by atoms with Crippen LogP contribution in [0.15, 0.2) is 53.5 Å². The Morgan fingerprint density at radius 3 is 2.48 bits per heavy atom. The molecule has 0 bridgehead atoms. The summed E-state index contributed by atoms with van der Waals surface area (Å²) < 4.78 is 1.20. The Kier molecular flexibility index (Phi) is 4.23. The molecule has 2 aromatic heterocycles. The van der Waals surface area contributed by atoms with E-state index < -0.39 is 16.2 Å². The summed E-state index contributed by atoms with van der Waals surface area (Å²) in [7, 11) is 0. The number of hydrogen-bond acceptors (Lipinski definition) is 6. The molecule has 1 aliphatic rings. The molecule has 1 aliphatic heterocycles. The van der Waals surface area contributed by atoms with Crippen LogP contribution in [0.4, 0.5) is 11.5 Å². The summed E-state index contributed by atoms with van der Waals surface area (Å²) in [5, 5.41) is 21.0. The summed E-state index contributed by atoms with van der Waals surface area (Å²) in [6, 6.07) is 12.2. The lowest BCUT2D eigenvalue weighted by molar-refractivity contribution is -0.385. The molecule has 1 saturated heterocycles. The van der Waals surface area contributed by atoms with E-state index in [0.29, 0.717) is 24.7 Å². The van der Waals surface area contributed by atoms with Gasteiger partial charge in [0.05, 0.1) is 4.92 Å². The zero-order valence-corrected chi connectivity index (χ0v) is 14.5. The number of anilines is 1. The molecule has 1 fully saturated rings. The molecule has 138 valence electrons. The summed E-state index contributed by atoms with van der Waals surface area (Å²) in [4.78, 5) is 29.7. The average molecular weight is 366 g/mol. The van der Waals surface area contributed by atoms with E-state index in [-0.39, 0.29) is 11.6 Å². The van der Waals surface area contributed by atoms with Crippen LogP contribution in [-0.4, -0.2) is 32.5 Å². The van der Waals surface area contributed by atoms with E-state index in [1.54, 1.807) is 30.3 Å². The van der Waals surface area contributed by atoms with Gasteiger partial charge < -0.3 is 10.0 Å². The lowest BCUT2D eigenvalue weighted by Crippen LogP contribution is -2.35. The lowest BCUT2D eigenvalue weighted by Gasteiger charge is -2.32. The number of aromatic nitrogens is 2. The molecule has 8 heteroatoms. The third-order valence-corrected chi connectivity index (χ3v) is 5.03. The standard InChI is InChI=1S/C19H18N4O4/c24-15-6-4-13(5-7-15)14-8-11-21(12-9-14)18-17(23(26)27)19(25)22-10-2-1-3-16(22)20-18/h1-7,10,14,24H,8-9,11-12H2. The second kappa shape index (κ2) is 6.71. The SMILES string of the molecule is O=c1c([N+](=O)[O-])c(N2CCC(c3ccc(O)cc3)CC2)nc2ccccn12. The molecule has 0 unspecified atom stereocenters. The number of nitro groups is 1. The molecular formula is C19H18N4O4. The third-order valence-electron chi connectivity index (χ3n) is 5.03. The van der Waals surface area contributed by atoms with Gasteiger partial charge in [-0.05, 0) is 48.6 Å². The molecule has 0 aliphatic carbocycles. The second-order valence-corrected chi connectivity index (χ2v) is 6.63. The van der Waals surface area contributed by atoms with Crippen LogP contribution in [0.25, 0.3) is 5.65 Å². The summed E-state index contributed by atoms with van der Waals surface area (Å²) in [6.45, 7) is 1.14. The minimum atomic E-state index is -0.666. The van der Waals surface area contributed by atoms with Crippen LogP contribution >= 0.6 is 0 Å². The molecule has 0 saturated carbocycles. The van der Waals surface area contributed by atoms with Crippen molar-refractivity contribution >= 4 is 17.2 Å². The van der Waals surface area contributed by atoms with Crippen molar-refractivity contribution in [3.05, 3.63) is 74.7 Å². The second-order valence-electron chi connectivity index (χ2n) is 6.63. The van der Waals surface area contributed by atoms with Crippen LogP contribution in [0.2, 0.25) is 0 Å². The van der Waals surface area contributed by atoms with Crippen molar-refractivity contribution in [2.45, 2.75) is 18.8 Å². The van der Waals surface area contributed by atoms with Crippen molar-refractivity contribution in [3.63, 3.8) is 0 Å². The Morgan fingerprint density at radius 2 is 1.81 bits per heavy atom. The zero-order chi connectivity index (χ0) is 19.0. The summed E-state index contributed by atoms with van der Waals surface area (Å²) in [5.41, 5.74) is 0.375. The van der Waals surface area contributed by atoms with Gasteiger partial charge in [-0.15, -0.1) is 0 Å². The molecule has 1 N–H and O–H groups in total. The van der Waals surface area contributed by atoms with Gasteiger partial charge in [-0.1, -0.05) is 18.2 Å². The number of fused-ring (bicyclic) bond motifs is 1. The van der Waals surface area contributed by atoms with Crippen molar-refractivity contribution in [2.75, 3.05) is 18.0 Å². The molecule has 27 heavy (non-hydrogen) atoms. The Hall–Kier alpha value is -3.42. The Balaban J connectivity index is 1.65. The van der Waals surface area contributed by atoms with Gasteiger partial charge in [-0.25, -0.2) is 4.98 Å². The molecule has 0 amide bonds. The van der Waals surface area contributed by atoms with Crippen LogP contribution in [0.3, 0.4) is 0 Å². The fourth-order valence-corrected chi connectivity index (χ4v) is 3.62. The normalized spacial score (nSPS) is 15.2. The fourth-order valence-electron chi connectivity index (χ4n) is 3.62. The van der Waals surface area contributed by atoms with Gasteiger partial charge in [0.15, 0.2) is 0 Å². The van der Waals surface area contributed by atoms with Gasteiger partial charge in [0.2, 0.25) is 5.82 Å². The van der Waals surface area contributed by atoms with Gasteiger partial charge in [0, 0.05) is 19.3 Å². The van der Waals surface area contributed by atoms with Crippen molar-refractivity contribution in [2.24, 2.45) is 0 Å². The highest BCUT2D eigenvalue weighted by Gasteiger charge is 2.30. The van der Waals surface area contributed by atoms with Gasteiger partial charge in [-0.2, -0.15) is 0 Å². The maximum atomic E-state index is 12.6. The summed E-state index contributed by atoms with van der Waals surface area (Å²) in [6.07, 6.45) is 3.06. The Labute approximate surface area is 154 Å². The van der Waals surface area contributed by atoms with E-state index in [2.05, 4.69) is 4.98 Å². The van der Waals surface area contributed by atoms with Gasteiger partial charge in [-0.3, -0.25) is 19.3 Å². The quantitative estimate of drug-likeness (QED) is 0.565. The Morgan fingerprint density at radius 1 is 1.11 bits per heavy atom. The third kappa shape index (κ3) is 3.10. The van der Waals surface area contributed by atoms with Crippen LogP contribution in [0.5, 0.6) is 5.75 Å². The van der Waals surface area contributed by atoms with Gasteiger partial charge >= 0.3 is 11.2 Å². The summed E-state index contributed by atoms with van der Waals surface area (Å²) >= 11 is 0. The number of pyridine rings is 1. The smallest absolute Gasteiger partial charge is 0.376 e. The highest BCUT2D eigenvalue weighted by molar-refractivity contribution is 5.61. The van der Waals surface area contributed by atoms with E-state index in [9.17, 15) is 20.0 Å². The lowest BCUT2D eigenvalue weighted by atomic mass is 9.89. The van der Waals surface area contributed by atoms with E-state index >= 15 is 0 Å². The number of rotatable bonds is 3. The first-order valence-electron chi connectivity index (χ1n) is 8.74. The van der Waals surface area contributed by atoms with Crippen molar-refractivity contribution in [1.29, 1.82) is 0 Å². The average Bonchev–Trinajstić information content (AvgIpc) is 2.68. The number of nitrogens with zero attached hydrogens (tertiary/aromatic N) is 4. The van der Waals surface area contributed by atoms with Crippen molar-refractivity contribution < 1.29 is 10.0 Å². The Bertz CT molecular complexity index is 1050. The monoisotopic (exact) mass is 366 g/mol. The van der Waals surface area contributed by atoms with E-state index in [0.717, 1.165) is 18.4 Å². The summed E-state index contributed by atoms with van der Waals surface area (Å²) in [5.74, 6) is 0.676. The van der Waals surface area contributed by atoms with Gasteiger partial charge in [0.25, 0.3) is 0 Å². The van der Waals surface area contributed by atoms with Crippen LogP contribution in [0.1, 0.15) is 24.3 Å². The van der Waals surface area contributed by atoms with E-state index in [1.165, 1.54) is 10.6 Å². The molecule has 0 atom stereocenters. The van der Waals surface area contributed by atoms with Crippen LogP contribution in [-0.2, 0) is 0 Å². The zero-order valence-electron chi connectivity index (χ0n) is 14.5. The molecule has 8 nitrogen and oxygen atoms in total. The highest BCUT2D eigenvalue weighted by atomic mass is 16.6. The minimum Gasteiger partial charge on any atom is -0.508 e. The predicted molar refractivity (Wildman–Crippen MR) is 100 cm³/mol. The van der Waals surface area contributed by atoms with Crippen molar-refractivity contribution in [3.8, 4) is 5.75 Å². The number of hydrogen-bond donors (Lipinski definition) is 1. The minimum absolute atomic E-state index is 0.139. The van der Waals surface area contributed by atoms with Crippen LogP contribution < -0.4 is 10.5 Å². The van der Waals surface area contributed by atoms with Gasteiger partial charge in [0.1, 0.15) is 11.4 Å². The molecule has 4 rings (SSSR count). The molecule has 0 spiro atoms. The number of phenolic OH excluding ortho intramolecular Hbond substituents is 1. The van der Waals surface area contributed by atoms with E-state index in [1.807, 2.05) is 17.0 Å². The first-order chi connectivity index (χ1) is 13.0. The van der Waals surface area contributed by atoms with Crippen molar-refractivity contribution in [1.82, 2.24) is 9.38 Å². The number of aromatic hydroxyl groups is 1. The number of benzene rings is 1. The molecule has 3 heterocycles. The first-order valence-corrected chi connectivity index (χ1v) is 8.74. The predicted octanol–water partition coefficient (Wildman–Crippen LogP) is 2.69. The number of piperidine rings is 1. The maximum absolute atomic E-state index is 12.6. The maximum Gasteiger partial charge on any atom is 0.376 e. The highest BCUT2D eigenvalue weighted by Crippen LogP contribution is 2.33. The largest absolute Gasteiger partial charge is 0.508 e. The molecule has 3 aromatic rings. The number of phenols is 1. The fraction of sp³-hybridized carbons (Fsp3) is 0.263. The molecular weight excluding hydrogens is 348 g/mol. The molecule has 0 radical (unpaired) electrons. The molecule has 1 aromatic carbocycles. The van der Waals surface area contributed by atoms with E-state index in [4.69, 9.17) is 0 Å².